The standard InChI is InChI=1S/C12H12ClNO3/c1-7-2-3-8(13)9(6-7)14-10(15)12(4-5-12)11(16)17/h2-3,6H,4-5H2,1H3,(H,14,15)(H,16,17). The van der Waals surface area contributed by atoms with Gasteiger partial charge in [0.2, 0.25) is 5.91 Å². The number of nitrogens with one attached hydrogen (secondary N) is 1. The maximum absolute atomic E-state index is 11.9. The fourth-order valence-electron chi connectivity index (χ4n) is 1.64. The van der Waals surface area contributed by atoms with Crippen LogP contribution in [-0.4, -0.2) is 17.0 Å². The van der Waals surface area contributed by atoms with Gasteiger partial charge in [-0.05, 0) is 37.5 Å². The lowest BCUT2D eigenvalue weighted by Gasteiger charge is -2.12. The van der Waals surface area contributed by atoms with Crippen LogP contribution in [0, 0.1) is 12.3 Å². The van der Waals surface area contributed by atoms with Crippen molar-refractivity contribution in [2.45, 2.75) is 19.8 Å². The van der Waals surface area contributed by atoms with Gasteiger partial charge in [-0.25, -0.2) is 0 Å². The topological polar surface area (TPSA) is 66.4 Å². The molecule has 0 atom stereocenters. The van der Waals surface area contributed by atoms with Crippen molar-refractivity contribution in [2.75, 3.05) is 5.32 Å². The third-order valence-corrected chi connectivity index (χ3v) is 3.29. The van der Waals surface area contributed by atoms with Crippen molar-refractivity contribution in [1.82, 2.24) is 0 Å². The Morgan fingerprint density at radius 3 is 2.59 bits per heavy atom. The van der Waals surface area contributed by atoms with E-state index >= 15 is 0 Å². The minimum absolute atomic E-state index is 0.387. The molecule has 1 saturated carbocycles. The molecule has 2 N–H and O–H groups in total. The second kappa shape index (κ2) is 4.04. The van der Waals surface area contributed by atoms with Gasteiger partial charge < -0.3 is 10.4 Å². The molecule has 4 nitrogen and oxygen atoms in total. The number of hydrogen-bond donors (Lipinski definition) is 2. The van der Waals surface area contributed by atoms with Crippen molar-refractivity contribution in [3.05, 3.63) is 28.8 Å². The lowest BCUT2D eigenvalue weighted by atomic mass is 10.1. The summed E-state index contributed by atoms with van der Waals surface area (Å²) in [5.41, 5.74) is 0.168. The quantitative estimate of drug-likeness (QED) is 0.813. The van der Waals surface area contributed by atoms with Crippen LogP contribution < -0.4 is 5.32 Å². The zero-order valence-corrected chi connectivity index (χ0v) is 10.0. The molecule has 1 fully saturated rings. The Balaban J connectivity index is 2.19. The molecule has 0 bridgehead atoms. The summed E-state index contributed by atoms with van der Waals surface area (Å²) in [6.07, 6.45) is 0.773. The van der Waals surface area contributed by atoms with Gasteiger partial charge in [-0.3, -0.25) is 9.59 Å². The predicted molar refractivity (Wildman–Crippen MR) is 64.1 cm³/mol. The number of carbonyl (C=O) groups excluding carboxylic acids is 1. The number of aryl methyl sites for hydroxylation is 1. The molecule has 0 spiro atoms. The van der Waals surface area contributed by atoms with E-state index in [2.05, 4.69) is 5.32 Å². The average Bonchev–Trinajstić information content (AvgIpc) is 3.04. The molecule has 0 heterocycles. The third kappa shape index (κ3) is 2.13. The number of carboxylic acids is 1. The summed E-state index contributed by atoms with van der Waals surface area (Å²) in [6.45, 7) is 1.87. The summed E-state index contributed by atoms with van der Waals surface area (Å²) in [5.74, 6) is -1.56. The van der Waals surface area contributed by atoms with E-state index in [1.54, 1.807) is 12.1 Å². The number of halogens is 1. The van der Waals surface area contributed by atoms with E-state index in [4.69, 9.17) is 16.7 Å². The molecule has 0 unspecified atom stereocenters. The zero-order valence-electron chi connectivity index (χ0n) is 9.29. The fraction of sp³-hybridized carbons (Fsp3) is 0.333. The van der Waals surface area contributed by atoms with Crippen molar-refractivity contribution in [3.8, 4) is 0 Å². The van der Waals surface area contributed by atoms with Gasteiger partial charge in [0, 0.05) is 0 Å². The summed E-state index contributed by atoms with van der Waals surface area (Å²) in [5, 5.41) is 12.0. The van der Waals surface area contributed by atoms with Gasteiger partial charge >= 0.3 is 5.97 Å². The number of anilines is 1. The van der Waals surface area contributed by atoms with Crippen LogP contribution in [0.5, 0.6) is 0 Å². The Hall–Kier alpha value is -1.55. The highest BCUT2D eigenvalue weighted by molar-refractivity contribution is 6.34. The SMILES string of the molecule is Cc1ccc(Cl)c(NC(=O)C2(C(=O)O)CC2)c1. The lowest BCUT2D eigenvalue weighted by molar-refractivity contribution is -0.147. The van der Waals surface area contributed by atoms with Crippen LogP contribution in [-0.2, 0) is 9.59 Å². The van der Waals surface area contributed by atoms with Gasteiger partial charge in [0.25, 0.3) is 0 Å². The number of rotatable bonds is 3. The predicted octanol–water partition coefficient (Wildman–Crippen LogP) is 2.45. The highest BCUT2D eigenvalue weighted by Crippen LogP contribution is 2.47. The van der Waals surface area contributed by atoms with Gasteiger partial charge in [-0.2, -0.15) is 0 Å². The summed E-state index contributed by atoms with van der Waals surface area (Å²) in [4.78, 5) is 22.8. The Morgan fingerprint density at radius 1 is 1.41 bits per heavy atom. The molecule has 1 aromatic carbocycles. The molecule has 1 aliphatic rings. The van der Waals surface area contributed by atoms with Gasteiger partial charge in [0.05, 0.1) is 10.7 Å². The van der Waals surface area contributed by atoms with E-state index < -0.39 is 17.3 Å². The van der Waals surface area contributed by atoms with E-state index in [1.165, 1.54) is 0 Å². The van der Waals surface area contributed by atoms with Crippen LogP contribution in [0.25, 0.3) is 0 Å². The summed E-state index contributed by atoms with van der Waals surface area (Å²) >= 11 is 5.93. The van der Waals surface area contributed by atoms with Crippen LogP contribution in [0.3, 0.4) is 0 Å². The van der Waals surface area contributed by atoms with E-state index in [9.17, 15) is 9.59 Å². The molecular formula is C12H12ClNO3. The summed E-state index contributed by atoms with van der Waals surface area (Å²) in [7, 11) is 0. The number of carboxylic acid groups (broad SMARTS) is 1. The summed E-state index contributed by atoms with van der Waals surface area (Å²) < 4.78 is 0. The van der Waals surface area contributed by atoms with Crippen molar-refractivity contribution in [1.29, 1.82) is 0 Å². The first-order valence-electron chi connectivity index (χ1n) is 5.27. The van der Waals surface area contributed by atoms with Crippen LogP contribution in [0.4, 0.5) is 5.69 Å². The minimum atomic E-state index is -1.24. The molecule has 90 valence electrons. The van der Waals surface area contributed by atoms with Crippen LogP contribution in [0.2, 0.25) is 5.02 Å². The first kappa shape index (κ1) is 11.9. The molecule has 0 radical (unpaired) electrons. The Labute approximate surface area is 104 Å². The van der Waals surface area contributed by atoms with E-state index in [0.29, 0.717) is 23.6 Å². The molecule has 1 aromatic rings. The smallest absolute Gasteiger partial charge is 0.319 e. The third-order valence-electron chi connectivity index (χ3n) is 2.96. The van der Waals surface area contributed by atoms with E-state index in [0.717, 1.165) is 5.56 Å². The van der Waals surface area contributed by atoms with Gasteiger partial charge in [-0.15, -0.1) is 0 Å². The van der Waals surface area contributed by atoms with Crippen LogP contribution in [0.15, 0.2) is 18.2 Å². The van der Waals surface area contributed by atoms with Crippen molar-refractivity contribution in [3.63, 3.8) is 0 Å². The largest absolute Gasteiger partial charge is 0.480 e. The minimum Gasteiger partial charge on any atom is -0.480 e. The number of hydrogen-bond acceptors (Lipinski definition) is 2. The molecule has 17 heavy (non-hydrogen) atoms. The normalized spacial score (nSPS) is 16.4. The van der Waals surface area contributed by atoms with Crippen molar-refractivity contribution < 1.29 is 14.7 Å². The maximum atomic E-state index is 11.9. The van der Waals surface area contributed by atoms with Crippen LogP contribution >= 0.6 is 11.6 Å². The first-order valence-corrected chi connectivity index (χ1v) is 5.64. The maximum Gasteiger partial charge on any atom is 0.319 e. The fourth-order valence-corrected chi connectivity index (χ4v) is 1.80. The molecule has 1 aliphatic carbocycles. The second-order valence-electron chi connectivity index (χ2n) is 4.32. The van der Waals surface area contributed by atoms with Crippen molar-refractivity contribution in [2.24, 2.45) is 5.41 Å². The highest BCUT2D eigenvalue weighted by Gasteiger charge is 2.57. The number of aliphatic carboxylic acids is 1. The number of carbonyl (C=O) groups is 2. The van der Waals surface area contributed by atoms with Crippen LogP contribution in [0.1, 0.15) is 18.4 Å². The molecule has 0 aliphatic heterocycles. The first-order chi connectivity index (χ1) is 7.95. The Kier molecular flexibility index (Phi) is 2.83. The van der Waals surface area contributed by atoms with Gasteiger partial charge in [0.15, 0.2) is 0 Å². The number of amides is 1. The molecule has 5 heteroatoms. The van der Waals surface area contributed by atoms with E-state index in [1.807, 2.05) is 13.0 Å². The second-order valence-corrected chi connectivity index (χ2v) is 4.73. The molecule has 0 aromatic heterocycles. The zero-order chi connectivity index (χ0) is 12.6. The average molecular weight is 254 g/mol. The summed E-state index contributed by atoms with van der Waals surface area (Å²) in [6, 6.07) is 5.22. The monoisotopic (exact) mass is 253 g/mol. The molecule has 2 rings (SSSR count). The van der Waals surface area contributed by atoms with Gasteiger partial charge in [0.1, 0.15) is 5.41 Å². The van der Waals surface area contributed by atoms with Crippen molar-refractivity contribution >= 4 is 29.2 Å². The van der Waals surface area contributed by atoms with Gasteiger partial charge in [-0.1, -0.05) is 17.7 Å². The Bertz CT molecular complexity index is 495. The number of benzene rings is 1. The lowest BCUT2D eigenvalue weighted by Crippen LogP contribution is -2.31. The van der Waals surface area contributed by atoms with E-state index in [-0.39, 0.29) is 0 Å². The molecule has 0 saturated heterocycles. The molecular weight excluding hydrogens is 242 g/mol. The Morgan fingerprint density at radius 2 is 2.06 bits per heavy atom. The molecule has 1 amide bonds. The highest BCUT2D eigenvalue weighted by atomic mass is 35.5.